The first kappa shape index (κ1) is 18.2. The molecule has 7 nitrogen and oxygen atoms in total. The third-order valence-electron chi connectivity index (χ3n) is 4.83. The van der Waals surface area contributed by atoms with E-state index in [1.54, 1.807) is 29.3 Å². The Morgan fingerprint density at radius 1 is 1.36 bits per heavy atom. The summed E-state index contributed by atoms with van der Waals surface area (Å²) < 4.78 is 24.3. The van der Waals surface area contributed by atoms with E-state index >= 15 is 0 Å². The minimum atomic E-state index is -0.421. The molecular weight excluding hydrogens is 363 g/mol. The molecule has 1 aliphatic rings. The Balaban J connectivity index is 1.70. The first-order chi connectivity index (χ1) is 13.6. The van der Waals surface area contributed by atoms with Gasteiger partial charge >= 0.3 is 0 Å². The summed E-state index contributed by atoms with van der Waals surface area (Å²) >= 11 is 0. The lowest BCUT2D eigenvalue weighted by molar-refractivity contribution is -0.136. The van der Waals surface area contributed by atoms with E-state index in [9.17, 15) is 9.18 Å². The Labute approximate surface area is 161 Å². The van der Waals surface area contributed by atoms with E-state index in [4.69, 9.17) is 9.26 Å². The van der Waals surface area contributed by atoms with Gasteiger partial charge in [0.05, 0.1) is 5.56 Å². The predicted molar refractivity (Wildman–Crippen MR) is 98.7 cm³/mol. The zero-order valence-electron chi connectivity index (χ0n) is 15.6. The topological polar surface area (TPSA) is 81.4 Å². The number of methoxy groups -OCH3 is 1. The monoisotopic (exact) mass is 382 g/mol. The van der Waals surface area contributed by atoms with Gasteiger partial charge in [-0.1, -0.05) is 17.3 Å². The molecule has 144 valence electrons. The number of hydrogen-bond donors (Lipinski definition) is 0. The minimum absolute atomic E-state index is 0.0539. The smallest absolute Gasteiger partial charge is 0.261 e. The van der Waals surface area contributed by atoms with Crippen molar-refractivity contribution < 1.29 is 18.4 Å². The third kappa shape index (κ3) is 3.27. The van der Waals surface area contributed by atoms with Crippen molar-refractivity contribution >= 4 is 5.91 Å². The van der Waals surface area contributed by atoms with Crippen LogP contribution >= 0.6 is 0 Å². The first-order valence-corrected chi connectivity index (χ1v) is 8.91. The summed E-state index contributed by atoms with van der Waals surface area (Å²) in [7, 11) is 1.50. The van der Waals surface area contributed by atoms with E-state index in [1.165, 1.54) is 13.2 Å². The highest BCUT2D eigenvalue weighted by atomic mass is 19.1. The van der Waals surface area contributed by atoms with Crippen molar-refractivity contribution in [3.8, 4) is 22.8 Å². The highest BCUT2D eigenvalue weighted by Crippen LogP contribution is 2.32. The van der Waals surface area contributed by atoms with Crippen molar-refractivity contribution in [3.63, 3.8) is 0 Å². The van der Waals surface area contributed by atoms with Crippen molar-refractivity contribution in [2.24, 2.45) is 0 Å². The van der Waals surface area contributed by atoms with E-state index in [0.717, 1.165) is 22.4 Å². The van der Waals surface area contributed by atoms with Gasteiger partial charge in [0, 0.05) is 37.7 Å². The molecule has 0 N–H and O–H groups in total. The third-order valence-corrected chi connectivity index (χ3v) is 4.83. The molecule has 0 fully saturated rings. The van der Waals surface area contributed by atoms with E-state index in [-0.39, 0.29) is 24.0 Å². The van der Waals surface area contributed by atoms with Gasteiger partial charge < -0.3 is 14.2 Å². The molecule has 0 spiro atoms. The fraction of sp³-hybridized carbons (Fsp3) is 0.300. The van der Waals surface area contributed by atoms with E-state index in [1.807, 2.05) is 6.92 Å². The molecule has 1 aliphatic heterocycles. The number of rotatable bonds is 4. The standard InChI is InChI=1S/C20H19FN4O3/c1-12-18(19-23-20(28-24-19)15-5-3-4-6-16(15)21)14-7-8-25(17(26)11-27-2)10-13(14)9-22-12/h3-6,9H,7-8,10-11H2,1-2H3. The van der Waals surface area contributed by atoms with E-state index in [2.05, 4.69) is 15.1 Å². The van der Waals surface area contributed by atoms with Gasteiger partial charge in [-0.3, -0.25) is 9.78 Å². The van der Waals surface area contributed by atoms with Crippen LogP contribution in [0.25, 0.3) is 22.8 Å². The maximum Gasteiger partial charge on any atom is 0.261 e. The summed E-state index contributed by atoms with van der Waals surface area (Å²) in [6.07, 6.45) is 2.42. The molecule has 2 aromatic heterocycles. The number of pyridine rings is 1. The van der Waals surface area contributed by atoms with Gasteiger partial charge in [-0.25, -0.2) is 4.39 Å². The Morgan fingerprint density at radius 2 is 2.18 bits per heavy atom. The Bertz CT molecular complexity index is 1030. The number of fused-ring (bicyclic) bond motifs is 1. The number of aryl methyl sites for hydroxylation is 1. The number of halogens is 1. The molecule has 1 aromatic carbocycles. The second kappa shape index (κ2) is 7.47. The number of aromatic nitrogens is 3. The average molecular weight is 382 g/mol. The molecule has 0 saturated carbocycles. The fourth-order valence-corrected chi connectivity index (χ4v) is 3.44. The van der Waals surface area contributed by atoms with Crippen LogP contribution in [0.15, 0.2) is 35.0 Å². The number of carbonyl (C=O) groups is 1. The largest absolute Gasteiger partial charge is 0.375 e. The Morgan fingerprint density at radius 3 is 2.96 bits per heavy atom. The molecule has 1 amide bonds. The molecule has 3 aromatic rings. The molecule has 4 rings (SSSR count). The molecular formula is C20H19FN4O3. The normalized spacial score (nSPS) is 13.5. The first-order valence-electron chi connectivity index (χ1n) is 8.91. The summed E-state index contributed by atoms with van der Waals surface area (Å²) in [5.74, 6) is 0.0150. The van der Waals surface area contributed by atoms with Gasteiger partial charge in [-0.2, -0.15) is 4.98 Å². The molecule has 0 unspecified atom stereocenters. The highest BCUT2D eigenvalue weighted by molar-refractivity contribution is 5.78. The van der Waals surface area contributed by atoms with Crippen LogP contribution in [-0.4, -0.2) is 46.2 Å². The number of ether oxygens (including phenoxy) is 1. The van der Waals surface area contributed by atoms with Crippen LogP contribution in [0, 0.1) is 12.7 Å². The lowest BCUT2D eigenvalue weighted by atomic mass is 9.94. The maximum absolute atomic E-state index is 14.0. The number of nitrogens with zero attached hydrogens (tertiary/aromatic N) is 4. The van der Waals surface area contributed by atoms with Crippen molar-refractivity contribution in [1.82, 2.24) is 20.0 Å². The predicted octanol–water partition coefficient (Wildman–Crippen LogP) is 2.78. The Kier molecular flexibility index (Phi) is 4.87. The number of benzene rings is 1. The van der Waals surface area contributed by atoms with Gasteiger partial charge in [-0.05, 0) is 36.6 Å². The second-order valence-corrected chi connectivity index (χ2v) is 6.62. The van der Waals surface area contributed by atoms with Crippen LogP contribution in [-0.2, 0) is 22.5 Å². The quantitative estimate of drug-likeness (QED) is 0.690. The molecule has 3 heterocycles. The molecule has 0 aliphatic carbocycles. The number of amides is 1. The van der Waals surface area contributed by atoms with Gasteiger partial charge in [0.15, 0.2) is 0 Å². The lowest BCUT2D eigenvalue weighted by Crippen LogP contribution is -2.38. The van der Waals surface area contributed by atoms with Crippen molar-refractivity contribution in [2.45, 2.75) is 19.9 Å². The van der Waals surface area contributed by atoms with Gasteiger partial charge in [-0.15, -0.1) is 0 Å². The summed E-state index contributed by atoms with van der Waals surface area (Å²) in [4.78, 5) is 22.7. The van der Waals surface area contributed by atoms with Crippen LogP contribution < -0.4 is 0 Å². The molecule has 0 saturated heterocycles. The number of carbonyl (C=O) groups excluding carboxylic acids is 1. The minimum Gasteiger partial charge on any atom is -0.375 e. The van der Waals surface area contributed by atoms with Gasteiger partial charge in [0.25, 0.3) is 5.89 Å². The van der Waals surface area contributed by atoms with Crippen LogP contribution in [0.3, 0.4) is 0 Å². The van der Waals surface area contributed by atoms with Gasteiger partial charge in [0.1, 0.15) is 12.4 Å². The van der Waals surface area contributed by atoms with Crippen molar-refractivity contribution in [3.05, 3.63) is 53.1 Å². The van der Waals surface area contributed by atoms with E-state index in [0.29, 0.717) is 25.3 Å². The molecule has 8 heteroatoms. The SMILES string of the molecule is COCC(=O)N1CCc2c(cnc(C)c2-c2noc(-c3ccccc3F)n2)C1. The molecule has 0 atom stereocenters. The lowest BCUT2D eigenvalue weighted by Gasteiger charge is -2.29. The highest BCUT2D eigenvalue weighted by Gasteiger charge is 2.26. The molecule has 0 radical (unpaired) electrons. The summed E-state index contributed by atoms with van der Waals surface area (Å²) in [5, 5.41) is 4.06. The van der Waals surface area contributed by atoms with Crippen LogP contribution in [0.1, 0.15) is 16.8 Å². The van der Waals surface area contributed by atoms with Gasteiger partial charge in [0.2, 0.25) is 11.7 Å². The summed E-state index contributed by atoms with van der Waals surface area (Å²) in [6, 6.07) is 6.26. The molecule has 0 bridgehead atoms. The fourth-order valence-electron chi connectivity index (χ4n) is 3.44. The average Bonchev–Trinajstić information content (AvgIpc) is 3.17. The zero-order valence-corrected chi connectivity index (χ0v) is 15.6. The van der Waals surface area contributed by atoms with Crippen molar-refractivity contribution in [2.75, 3.05) is 20.3 Å². The van der Waals surface area contributed by atoms with E-state index < -0.39 is 5.82 Å². The van der Waals surface area contributed by atoms with Crippen LogP contribution in [0.5, 0.6) is 0 Å². The zero-order chi connectivity index (χ0) is 19.7. The summed E-state index contributed by atoms with van der Waals surface area (Å²) in [5.41, 5.74) is 3.77. The van der Waals surface area contributed by atoms with Crippen LogP contribution in [0.2, 0.25) is 0 Å². The van der Waals surface area contributed by atoms with Crippen molar-refractivity contribution in [1.29, 1.82) is 0 Å². The van der Waals surface area contributed by atoms with Crippen LogP contribution in [0.4, 0.5) is 4.39 Å². The summed E-state index contributed by atoms with van der Waals surface area (Å²) in [6.45, 7) is 2.95. The Hall–Kier alpha value is -3.13. The second-order valence-electron chi connectivity index (χ2n) is 6.62. The molecule has 28 heavy (non-hydrogen) atoms. The number of hydrogen-bond acceptors (Lipinski definition) is 6. The maximum atomic E-state index is 14.0.